The summed E-state index contributed by atoms with van der Waals surface area (Å²) >= 11 is 1.72. The molecule has 0 aliphatic heterocycles. The Labute approximate surface area is 127 Å². The number of nitrogen functional groups attached to an aromatic ring is 1. The summed E-state index contributed by atoms with van der Waals surface area (Å²) in [5, 5.41) is 1.03. The van der Waals surface area contributed by atoms with Gasteiger partial charge in [0.1, 0.15) is 16.5 Å². The minimum absolute atomic E-state index is 0.288. The van der Waals surface area contributed by atoms with E-state index in [2.05, 4.69) is 43.1 Å². The number of nitrogens with two attached hydrogens (primary N) is 1. The van der Waals surface area contributed by atoms with Crippen LogP contribution in [0.2, 0.25) is 0 Å². The molecule has 1 aliphatic rings. The summed E-state index contributed by atoms with van der Waals surface area (Å²) in [5.41, 5.74) is 10.2. The number of thiophene rings is 1. The molecule has 1 aromatic carbocycles. The highest BCUT2D eigenvalue weighted by Crippen LogP contribution is 2.39. The largest absolute Gasteiger partial charge is 0.383 e. The summed E-state index contributed by atoms with van der Waals surface area (Å²) in [6.45, 7) is 4.21. The lowest BCUT2D eigenvalue weighted by atomic mass is 10.0. The van der Waals surface area contributed by atoms with Crippen LogP contribution in [0.5, 0.6) is 0 Å². The van der Waals surface area contributed by atoms with E-state index in [1.165, 1.54) is 21.6 Å². The second kappa shape index (κ2) is 4.53. The normalized spacial score (nSPS) is 17.3. The smallest absolute Gasteiger partial charge is 0.139 e. The average Bonchev–Trinajstić information content (AvgIpc) is 3.01. The highest BCUT2D eigenvalue weighted by atomic mass is 32.1. The average molecular weight is 295 g/mol. The topological polar surface area (TPSA) is 51.8 Å². The molecule has 0 fully saturated rings. The molecule has 2 heterocycles. The Morgan fingerprint density at radius 1 is 1.19 bits per heavy atom. The predicted molar refractivity (Wildman–Crippen MR) is 87.9 cm³/mol. The fraction of sp³-hybridized carbons (Fsp3) is 0.294. The quantitative estimate of drug-likeness (QED) is 0.739. The first kappa shape index (κ1) is 12.8. The molecule has 0 bridgehead atoms. The van der Waals surface area contributed by atoms with Crippen LogP contribution in [0, 0.1) is 13.8 Å². The lowest BCUT2D eigenvalue weighted by molar-refractivity contribution is 0.736. The van der Waals surface area contributed by atoms with E-state index in [1.807, 2.05) is 0 Å². The minimum Gasteiger partial charge on any atom is -0.383 e. The number of fused-ring (bicyclic) bond motifs is 2. The van der Waals surface area contributed by atoms with Gasteiger partial charge in [-0.25, -0.2) is 9.97 Å². The van der Waals surface area contributed by atoms with E-state index in [4.69, 9.17) is 10.7 Å². The van der Waals surface area contributed by atoms with Crippen LogP contribution in [0.15, 0.2) is 24.3 Å². The summed E-state index contributed by atoms with van der Waals surface area (Å²) in [6, 6.07) is 8.60. The minimum atomic E-state index is 0.288. The fourth-order valence-corrected chi connectivity index (χ4v) is 4.32. The van der Waals surface area contributed by atoms with Gasteiger partial charge in [0.25, 0.3) is 0 Å². The fourth-order valence-electron chi connectivity index (χ4n) is 3.28. The lowest BCUT2D eigenvalue weighted by Gasteiger charge is -2.11. The van der Waals surface area contributed by atoms with Gasteiger partial charge in [-0.2, -0.15) is 0 Å². The molecular weight excluding hydrogens is 278 g/mol. The van der Waals surface area contributed by atoms with Gasteiger partial charge in [-0.1, -0.05) is 24.3 Å². The van der Waals surface area contributed by atoms with Crippen LogP contribution in [0.4, 0.5) is 5.82 Å². The second-order valence-corrected chi connectivity index (χ2v) is 6.92. The van der Waals surface area contributed by atoms with Crippen molar-refractivity contribution in [2.24, 2.45) is 0 Å². The molecule has 4 heteroatoms. The van der Waals surface area contributed by atoms with Gasteiger partial charge in [-0.05, 0) is 43.4 Å². The molecule has 1 aliphatic carbocycles. The molecule has 106 valence electrons. The Morgan fingerprint density at radius 2 is 2.00 bits per heavy atom. The van der Waals surface area contributed by atoms with Gasteiger partial charge >= 0.3 is 0 Å². The SMILES string of the molecule is Cc1sc2nc(C3CCc4ccccc43)nc(N)c2c1C. The van der Waals surface area contributed by atoms with Crippen LogP contribution in [-0.4, -0.2) is 9.97 Å². The second-order valence-electron chi connectivity index (χ2n) is 5.72. The molecule has 2 aromatic heterocycles. The number of aryl methyl sites for hydroxylation is 3. The maximum Gasteiger partial charge on any atom is 0.139 e. The van der Waals surface area contributed by atoms with E-state index in [0.717, 1.165) is 28.9 Å². The molecule has 0 saturated carbocycles. The number of nitrogens with zero attached hydrogens (tertiary/aromatic N) is 2. The van der Waals surface area contributed by atoms with Crippen LogP contribution in [-0.2, 0) is 6.42 Å². The predicted octanol–water partition coefficient (Wildman–Crippen LogP) is 3.97. The van der Waals surface area contributed by atoms with Crippen molar-refractivity contribution in [2.75, 3.05) is 5.73 Å². The number of rotatable bonds is 1. The Morgan fingerprint density at radius 3 is 2.86 bits per heavy atom. The number of aromatic nitrogens is 2. The molecule has 1 atom stereocenters. The Bertz CT molecular complexity index is 851. The summed E-state index contributed by atoms with van der Waals surface area (Å²) in [7, 11) is 0. The molecular formula is C17H17N3S. The molecule has 0 amide bonds. The van der Waals surface area contributed by atoms with Gasteiger partial charge in [0.05, 0.1) is 5.39 Å². The highest BCUT2D eigenvalue weighted by Gasteiger charge is 2.27. The summed E-state index contributed by atoms with van der Waals surface area (Å²) in [6.07, 6.45) is 2.18. The molecule has 3 nitrogen and oxygen atoms in total. The molecule has 0 saturated heterocycles. The van der Waals surface area contributed by atoms with Crippen LogP contribution >= 0.6 is 11.3 Å². The molecule has 0 radical (unpaired) electrons. The van der Waals surface area contributed by atoms with Crippen molar-refractivity contribution < 1.29 is 0 Å². The third-order valence-electron chi connectivity index (χ3n) is 4.52. The van der Waals surface area contributed by atoms with Crippen LogP contribution in [0.3, 0.4) is 0 Å². The zero-order valence-corrected chi connectivity index (χ0v) is 13.0. The van der Waals surface area contributed by atoms with Gasteiger partial charge in [0, 0.05) is 10.8 Å². The van der Waals surface area contributed by atoms with E-state index in [1.54, 1.807) is 11.3 Å². The van der Waals surface area contributed by atoms with Crippen molar-refractivity contribution in [3.63, 3.8) is 0 Å². The van der Waals surface area contributed by atoms with Gasteiger partial charge in [-0.15, -0.1) is 11.3 Å². The van der Waals surface area contributed by atoms with Gasteiger partial charge < -0.3 is 5.73 Å². The molecule has 0 spiro atoms. The molecule has 4 rings (SSSR count). The first-order chi connectivity index (χ1) is 10.1. The van der Waals surface area contributed by atoms with E-state index < -0.39 is 0 Å². The monoisotopic (exact) mass is 295 g/mol. The van der Waals surface area contributed by atoms with E-state index >= 15 is 0 Å². The van der Waals surface area contributed by atoms with Crippen molar-refractivity contribution in [2.45, 2.75) is 32.6 Å². The standard InChI is InChI=1S/C17H17N3S/c1-9-10(2)21-17-14(9)15(18)19-16(20-17)13-8-7-11-5-3-4-6-12(11)13/h3-6,13H,7-8H2,1-2H3,(H2,18,19,20). The third kappa shape index (κ3) is 1.86. The summed E-state index contributed by atoms with van der Waals surface area (Å²) in [5.74, 6) is 1.79. The first-order valence-electron chi connectivity index (χ1n) is 7.26. The lowest BCUT2D eigenvalue weighted by Crippen LogP contribution is -2.05. The van der Waals surface area contributed by atoms with Crippen molar-refractivity contribution in [3.05, 3.63) is 51.7 Å². The highest BCUT2D eigenvalue weighted by molar-refractivity contribution is 7.18. The summed E-state index contributed by atoms with van der Waals surface area (Å²) < 4.78 is 0. The van der Waals surface area contributed by atoms with Gasteiger partial charge in [0.2, 0.25) is 0 Å². The Hall–Kier alpha value is -1.94. The zero-order chi connectivity index (χ0) is 14.6. The zero-order valence-electron chi connectivity index (χ0n) is 12.2. The van der Waals surface area contributed by atoms with E-state index in [-0.39, 0.29) is 5.92 Å². The van der Waals surface area contributed by atoms with Crippen molar-refractivity contribution >= 4 is 27.4 Å². The van der Waals surface area contributed by atoms with Crippen molar-refractivity contribution in [3.8, 4) is 0 Å². The molecule has 3 aromatic rings. The van der Waals surface area contributed by atoms with Crippen molar-refractivity contribution in [1.29, 1.82) is 0 Å². The Balaban J connectivity index is 1.89. The number of hydrogen-bond acceptors (Lipinski definition) is 4. The van der Waals surface area contributed by atoms with Crippen LogP contribution in [0.25, 0.3) is 10.2 Å². The maximum absolute atomic E-state index is 6.21. The van der Waals surface area contributed by atoms with E-state index in [0.29, 0.717) is 5.82 Å². The first-order valence-corrected chi connectivity index (χ1v) is 8.07. The number of benzene rings is 1. The summed E-state index contributed by atoms with van der Waals surface area (Å²) in [4.78, 5) is 11.8. The van der Waals surface area contributed by atoms with Crippen LogP contribution in [0.1, 0.15) is 39.7 Å². The maximum atomic E-state index is 6.21. The van der Waals surface area contributed by atoms with Crippen molar-refractivity contribution in [1.82, 2.24) is 9.97 Å². The molecule has 1 unspecified atom stereocenters. The van der Waals surface area contributed by atoms with Gasteiger partial charge in [-0.3, -0.25) is 0 Å². The number of hydrogen-bond donors (Lipinski definition) is 1. The number of anilines is 1. The molecule has 2 N–H and O–H groups in total. The Kier molecular flexibility index (Phi) is 2.76. The van der Waals surface area contributed by atoms with Crippen LogP contribution < -0.4 is 5.73 Å². The molecule has 21 heavy (non-hydrogen) atoms. The van der Waals surface area contributed by atoms with E-state index in [9.17, 15) is 0 Å². The third-order valence-corrected chi connectivity index (χ3v) is 5.62. The van der Waals surface area contributed by atoms with Gasteiger partial charge in [0.15, 0.2) is 0 Å².